The minimum Gasteiger partial charge on any atom is -0.444 e. The van der Waals surface area contributed by atoms with E-state index in [-0.39, 0.29) is 6.09 Å². The van der Waals surface area contributed by atoms with E-state index in [0.717, 1.165) is 11.0 Å². The van der Waals surface area contributed by atoms with Crippen molar-refractivity contribution in [3.8, 4) is 0 Å². The molecule has 0 unspecified atom stereocenters. The summed E-state index contributed by atoms with van der Waals surface area (Å²) in [6, 6.07) is 5.53. The van der Waals surface area contributed by atoms with Gasteiger partial charge in [-0.25, -0.2) is 4.79 Å². The lowest BCUT2D eigenvalue weighted by molar-refractivity contribution is 0.00578. The summed E-state index contributed by atoms with van der Waals surface area (Å²) < 4.78 is 17.7. The van der Waals surface area contributed by atoms with Crippen LogP contribution < -0.4 is 5.46 Å². The van der Waals surface area contributed by atoms with Crippen LogP contribution in [0.1, 0.15) is 54.0 Å². The highest BCUT2D eigenvalue weighted by molar-refractivity contribution is 6.63. The molecule has 144 valence electrons. The predicted molar refractivity (Wildman–Crippen MR) is 105 cm³/mol. The molecule has 0 aromatic heterocycles. The van der Waals surface area contributed by atoms with Crippen LogP contribution in [-0.2, 0) is 20.6 Å². The number of amides is 1. The summed E-state index contributed by atoms with van der Waals surface area (Å²) in [6.07, 6.45) is -0.382. The van der Waals surface area contributed by atoms with E-state index in [1.165, 1.54) is 4.90 Å². The lowest BCUT2D eigenvalue weighted by Gasteiger charge is -2.32. The number of nitrogens with zero attached hydrogens (tertiary/aromatic N) is 1. The molecule has 0 saturated carbocycles. The van der Waals surface area contributed by atoms with Crippen molar-refractivity contribution in [2.45, 2.75) is 71.8 Å². The van der Waals surface area contributed by atoms with Crippen molar-refractivity contribution < 1.29 is 18.8 Å². The molecule has 2 rings (SSSR count). The zero-order valence-electron chi connectivity index (χ0n) is 17.0. The number of halogens is 1. The van der Waals surface area contributed by atoms with Gasteiger partial charge in [0.05, 0.1) is 11.2 Å². The zero-order valence-corrected chi connectivity index (χ0v) is 17.7. The zero-order chi connectivity index (χ0) is 19.9. The third-order valence-electron chi connectivity index (χ3n) is 4.73. The predicted octanol–water partition coefficient (Wildman–Crippen LogP) is 4.01. The smallest absolute Gasteiger partial charge is 0.444 e. The molecule has 0 bridgehead atoms. The van der Waals surface area contributed by atoms with Gasteiger partial charge < -0.3 is 18.9 Å². The Morgan fingerprint density at radius 1 is 1.19 bits per heavy atom. The van der Waals surface area contributed by atoms with Crippen LogP contribution >= 0.6 is 11.6 Å². The lowest BCUT2D eigenvalue weighted by atomic mass is 9.76. The van der Waals surface area contributed by atoms with E-state index in [0.29, 0.717) is 11.6 Å². The van der Waals surface area contributed by atoms with Crippen LogP contribution in [-0.4, -0.2) is 42.0 Å². The Hall–Kier alpha value is -1.24. The Morgan fingerprint density at radius 3 is 2.23 bits per heavy atom. The van der Waals surface area contributed by atoms with Crippen molar-refractivity contribution in [2.24, 2.45) is 0 Å². The van der Waals surface area contributed by atoms with Crippen LogP contribution in [0.4, 0.5) is 4.79 Å². The van der Waals surface area contributed by atoms with E-state index in [9.17, 15) is 4.79 Å². The van der Waals surface area contributed by atoms with Gasteiger partial charge in [0.1, 0.15) is 5.60 Å². The molecule has 0 atom stereocenters. The Bertz CT molecular complexity index is 669. The molecule has 1 aromatic carbocycles. The molecule has 26 heavy (non-hydrogen) atoms. The Kier molecular flexibility index (Phi) is 5.72. The number of carbonyl (C=O) groups is 1. The van der Waals surface area contributed by atoms with E-state index in [2.05, 4.69) is 0 Å². The first-order chi connectivity index (χ1) is 11.7. The Balaban J connectivity index is 2.25. The Morgan fingerprint density at radius 2 is 1.73 bits per heavy atom. The van der Waals surface area contributed by atoms with E-state index in [1.54, 1.807) is 13.1 Å². The molecule has 0 aliphatic carbocycles. The first-order valence-corrected chi connectivity index (χ1v) is 9.18. The summed E-state index contributed by atoms with van der Waals surface area (Å²) in [5, 5.41) is 0.596. The van der Waals surface area contributed by atoms with Crippen LogP contribution in [0.25, 0.3) is 0 Å². The Labute approximate surface area is 162 Å². The van der Waals surface area contributed by atoms with Gasteiger partial charge in [-0.05, 0) is 71.6 Å². The largest absolute Gasteiger partial charge is 0.495 e. The fraction of sp³-hybridized carbons (Fsp3) is 0.632. The quantitative estimate of drug-likeness (QED) is 0.742. The standard InChI is InChI=1S/C19H29BClNO4/c1-17(2,3)24-16(23)22(8)12-13-9-10-14(21)11-15(13)20-25-18(4,5)19(6,7)26-20/h9-11H,12H2,1-8H3. The first-order valence-electron chi connectivity index (χ1n) is 8.80. The number of carbonyl (C=O) groups excluding carboxylic acids is 1. The molecule has 1 amide bonds. The van der Waals surface area contributed by atoms with Gasteiger partial charge >= 0.3 is 13.2 Å². The van der Waals surface area contributed by atoms with Crippen LogP contribution in [0.5, 0.6) is 0 Å². The van der Waals surface area contributed by atoms with Crippen LogP contribution in [0.2, 0.25) is 5.02 Å². The normalized spacial score (nSPS) is 18.7. The first kappa shape index (κ1) is 21.1. The number of ether oxygens (including phenoxy) is 1. The summed E-state index contributed by atoms with van der Waals surface area (Å²) in [4.78, 5) is 13.8. The van der Waals surface area contributed by atoms with Crippen molar-refractivity contribution >= 4 is 30.3 Å². The van der Waals surface area contributed by atoms with Crippen molar-refractivity contribution in [3.63, 3.8) is 0 Å². The molecule has 7 heteroatoms. The summed E-state index contributed by atoms with van der Waals surface area (Å²) >= 11 is 6.21. The van der Waals surface area contributed by atoms with Crippen molar-refractivity contribution in [1.82, 2.24) is 4.90 Å². The van der Waals surface area contributed by atoms with Gasteiger partial charge in [0.15, 0.2) is 0 Å². The molecule has 0 radical (unpaired) electrons. The molecule has 1 aliphatic heterocycles. The lowest BCUT2D eigenvalue weighted by Crippen LogP contribution is -2.41. The molecule has 1 aromatic rings. The highest BCUT2D eigenvalue weighted by Crippen LogP contribution is 2.37. The monoisotopic (exact) mass is 381 g/mol. The second-order valence-electron chi connectivity index (χ2n) is 8.77. The van der Waals surface area contributed by atoms with Crippen molar-refractivity contribution in [2.75, 3.05) is 7.05 Å². The van der Waals surface area contributed by atoms with E-state index in [4.69, 9.17) is 25.6 Å². The summed E-state index contributed by atoms with van der Waals surface area (Å²) in [5.74, 6) is 0. The highest BCUT2D eigenvalue weighted by Gasteiger charge is 2.52. The maximum atomic E-state index is 12.3. The van der Waals surface area contributed by atoms with E-state index in [1.807, 2.05) is 60.6 Å². The molecule has 1 heterocycles. The van der Waals surface area contributed by atoms with Gasteiger partial charge in [0.25, 0.3) is 0 Å². The molecular formula is C19H29BClNO4. The average molecular weight is 382 g/mol. The molecule has 0 spiro atoms. The molecule has 1 saturated heterocycles. The SMILES string of the molecule is CN(Cc1ccc(Cl)cc1B1OC(C)(C)C(C)(C)O1)C(=O)OC(C)(C)C. The number of hydrogen-bond acceptors (Lipinski definition) is 4. The topological polar surface area (TPSA) is 48.0 Å². The number of benzene rings is 1. The van der Waals surface area contributed by atoms with Gasteiger partial charge in [-0.1, -0.05) is 17.7 Å². The number of rotatable bonds is 3. The maximum Gasteiger partial charge on any atom is 0.495 e. The maximum absolute atomic E-state index is 12.3. The molecule has 1 aliphatic rings. The number of hydrogen-bond donors (Lipinski definition) is 0. The molecular weight excluding hydrogens is 352 g/mol. The van der Waals surface area contributed by atoms with Crippen molar-refractivity contribution in [3.05, 3.63) is 28.8 Å². The van der Waals surface area contributed by atoms with Gasteiger partial charge in [0.2, 0.25) is 0 Å². The molecule has 0 N–H and O–H groups in total. The summed E-state index contributed by atoms with van der Waals surface area (Å²) in [7, 11) is 1.16. The fourth-order valence-electron chi connectivity index (χ4n) is 2.56. The van der Waals surface area contributed by atoms with Gasteiger partial charge in [-0.2, -0.15) is 0 Å². The van der Waals surface area contributed by atoms with Crippen LogP contribution in [0, 0.1) is 0 Å². The van der Waals surface area contributed by atoms with Gasteiger partial charge in [0, 0.05) is 18.6 Å². The molecule has 5 nitrogen and oxygen atoms in total. The minimum atomic E-state index is -0.542. The average Bonchev–Trinajstić information content (AvgIpc) is 2.67. The van der Waals surface area contributed by atoms with Crippen LogP contribution in [0.15, 0.2) is 18.2 Å². The summed E-state index contributed by atoms with van der Waals surface area (Å²) in [5.41, 5.74) is 0.288. The molecule has 1 fully saturated rings. The fourth-order valence-corrected chi connectivity index (χ4v) is 2.74. The second-order valence-corrected chi connectivity index (χ2v) is 9.20. The highest BCUT2D eigenvalue weighted by atomic mass is 35.5. The van der Waals surface area contributed by atoms with Crippen molar-refractivity contribution in [1.29, 1.82) is 0 Å². The van der Waals surface area contributed by atoms with Gasteiger partial charge in [-0.15, -0.1) is 0 Å². The van der Waals surface area contributed by atoms with Gasteiger partial charge in [-0.3, -0.25) is 0 Å². The van der Waals surface area contributed by atoms with E-state index < -0.39 is 23.9 Å². The van der Waals surface area contributed by atoms with E-state index >= 15 is 0 Å². The third-order valence-corrected chi connectivity index (χ3v) is 4.96. The van der Waals surface area contributed by atoms with Crippen LogP contribution in [0.3, 0.4) is 0 Å². The second kappa shape index (κ2) is 7.06. The summed E-state index contributed by atoms with van der Waals surface area (Å²) in [6.45, 7) is 13.9. The minimum absolute atomic E-state index is 0.367. The third kappa shape index (κ3) is 4.73.